The number of hydrogen-bond acceptors (Lipinski definition) is 6. The smallest absolute Gasteiger partial charge is 0.310 e. The number of hydrogen-bond donors (Lipinski definition) is 2. The topological polar surface area (TPSA) is 89.2 Å². The zero-order chi connectivity index (χ0) is 8.97. The van der Waals surface area contributed by atoms with Crippen molar-refractivity contribution < 1.29 is 13.2 Å². The van der Waals surface area contributed by atoms with Crippen molar-refractivity contribution in [3.63, 3.8) is 0 Å². The van der Waals surface area contributed by atoms with E-state index in [9.17, 15) is 4.21 Å². The molecule has 1 aliphatic rings. The lowest BCUT2D eigenvalue weighted by Gasteiger charge is -2.15. The molecule has 0 aliphatic carbocycles. The number of hydroxylamine groups is 1. The summed E-state index contributed by atoms with van der Waals surface area (Å²) in [6.07, 6.45) is 0. The molecule has 0 aromatic heterocycles. The largest absolute Gasteiger partial charge is 0.383 e. The van der Waals surface area contributed by atoms with Gasteiger partial charge >= 0.3 is 11.3 Å². The number of nitrogens with zero attached hydrogens (tertiary/aromatic N) is 2. The van der Waals surface area contributed by atoms with Gasteiger partial charge in [0.15, 0.2) is 0 Å². The molecule has 1 heterocycles. The summed E-state index contributed by atoms with van der Waals surface area (Å²) in [5, 5.41) is 1.26. The van der Waals surface area contributed by atoms with Gasteiger partial charge in [0.25, 0.3) is 0 Å². The Balaban J connectivity index is 2.37. The number of hydrazine groups is 1. The molecule has 1 rings (SSSR count). The van der Waals surface area contributed by atoms with Crippen molar-refractivity contribution in [1.29, 1.82) is 0 Å². The lowest BCUT2D eigenvalue weighted by molar-refractivity contribution is 0.171. The lowest BCUT2D eigenvalue weighted by Crippen LogP contribution is -2.44. The van der Waals surface area contributed by atoms with Gasteiger partial charge in [0, 0.05) is 7.11 Å². The van der Waals surface area contributed by atoms with Crippen molar-refractivity contribution in [2.24, 2.45) is 10.2 Å². The van der Waals surface area contributed by atoms with Gasteiger partial charge in [-0.05, 0) is 0 Å². The fourth-order valence-corrected chi connectivity index (χ4v) is 1.05. The van der Waals surface area contributed by atoms with Gasteiger partial charge in [-0.2, -0.15) is 4.28 Å². The number of nitrogens with two attached hydrogens (primary N) is 1. The van der Waals surface area contributed by atoms with E-state index in [2.05, 4.69) is 14.2 Å². The summed E-state index contributed by atoms with van der Waals surface area (Å²) in [4.78, 5) is 0. The maximum atomic E-state index is 10.6. The highest BCUT2D eigenvalue weighted by Gasteiger charge is 2.16. The van der Waals surface area contributed by atoms with E-state index in [4.69, 9.17) is 10.6 Å². The maximum absolute atomic E-state index is 10.6. The molecule has 0 amide bonds. The maximum Gasteiger partial charge on any atom is 0.310 e. The summed E-state index contributed by atoms with van der Waals surface area (Å²) >= 11 is -1.66. The number of rotatable bonds is 3. The van der Waals surface area contributed by atoms with Gasteiger partial charge in [-0.3, -0.25) is 5.01 Å². The number of methoxy groups -OCH3 is 1. The predicted octanol–water partition coefficient (Wildman–Crippen LogP) is -1.72. The van der Waals surface area contributed by atoms with Gasteiger partial charge in [-0.1, -0.05) is 0 Å². The van der Waals surface area contributed by atoms with Crippen molar-refractivity contribution in [3.05, 3.63) is 0 Å². The summed E-state index contributed by atoms with van der Waals surface area (Å²) in [5.41, 5.74) is 2.31. The minimum Gasteiger partial charge on any atom is -0.383 e. The molecule has 0 saturated carbocycles. The number of ether oxygens (including phenoxy) is 1. The Morgan fingerprint density at radius 2 is 2.67 bits per heavy atom. The molecule has 3 N–H and O–H groups in total. The molecule has 8 heteroatoms. The fourth-order valence-electron chi connectivity index (χ4n) is 0.587. The Morgan fingerprint density at radius 1 is 1.92 bits per heavy atom. The van der Waals surface area contributed by atoms with E-state index < -0.39 is 11.3 Å². The van der Waals surface area contributed by atoms with Crippen LogP contribution in [0, 0.1) is 0 Å². The van der Waals surface area contributed by atoms with Crippen LogP contribution in [0.3, 0.4) is 0 Å². The Bertz CT molecular complexity index is 208. The van der Waals surface area contributed by atoms with E-state index in [0.717, 1.165) is 0 Å². The molecular weight excluding hydrogens is 184 g/mol. The van der Waals surface area contributed by atoms with E-state index in [1.807, 2.05) is 0 Å². The summed E-state index contributed by atoms with van der Waals surface area (Å²) in [6, 6.07) is 0. The standard InChI is InChI=1S/C4H10N4O3S/c1-10-3-2-8(5)4-6-11-12(9)7-4/h2-3,5H2,1H3,(H,6,7). The average molecular weight is 194 g/mol. The molecule has 0 spiro atoms. The summed E-state index contributed by atoms with van der Waals surface area (Å²) < 4.78 is 23.3. The van der Waals surface area contributed by atoms with E-state index in [1.54, 1.807) is 7.11 Å². The van der Waals surface area contributed by atoms with E-state index >= 15 is 0 Å². The first-order valence-corrected chi connectivity index (χ1v) is 4.22. The number of nitrogens with one attached hydrogen (secondary N) is 1. The minimum atomic E-state index is -1.66. The quantitative estimate of drug-likeness (QED) is 0.410. The second-order valence-corrected chi connectivity index (χ2v) is 2.79. The van der Waals surface area contributed by atoms with Crippen LogP contribution < -0.4 is 11.3 Å². The third-order valence-electron chi connectivity index (χ3n) is 1.17. The molecular formula is C4H10N4O3S. The third kappa shape index (κ3) is 2.41. The van der Waals surface area contributed by atoms with Crippen LogP contribution in [0.5, 0.6) is 0 Å². The molecule has 0 fully saturated rings. The van der Waals surface area contributed by atoms with Crippen molar-refractivity contribution in [1.82, 2.24) is 10.5 Å². The lowest BCUT2D eigenvalue weighted by atomic mass is 10.6. The zero-order valence-corrected chi connectivity index (χ0v) is 7.34. The van der Waals surface area contributed by atoms with Gasteiger partial charge < -0.3 is 4.74 Å². The SMILES string of the molecule is COCCN(N)C1=NS(=O)ON1. The zero-order valence-electron chi connectivity index (χ0n) is 6.52. The third-order valence-corrected chi connectivity index (χ3v) is 1.72. The van der Waals surface area contributed by atoms with Gasteiger partial charge in [0.1, 0.15) is 0 Å². The fraction of sp³-hybridized carbons (Fsp3) is 0.750. The Morgan fingerprint density at radius 3 is 3.17 bits per heavy atom. The van der Waals surface area contributed by atoms with Crippen molar-refractivity contribution in [2.75, 3.05) is 20.3 Å². The van der Waals surface area contributed by atoms with Crippen LogP contribution in [0.25, 0.3) is 0 Å². The minimum absolute atomic E-state index is 0.241. The van der Waals surface area contributed by atoms with Crippen LogP contribution >= 0.6 is 0 Å². The van der Waals surface area contributed by atoms with E-state index in [-0.39, 0.29) is 5.96 Å². The Labute approximate surface area is 72.2 Å². The monoisotopic (exact) mass is 194 g/mol. The Hall–Kier alpha value is -0.700. The summed E-state index contributed by atoms with van der Waals surface area (Å²) in [7, 11) is 1.56. The van der Waals surface area contributed by atoms with Crippen LogP contribution in [0.2, 0.25) is 0 Å². The number of guanidine groups is 1. The van der Waals surface area contributed by atoms with Gasteiger partial charge in [0.2, 0.25) is 5.96 Å². The van der Waals surface area contributed by atoms with Gasteiger partial charge in [-0.25, -0.2) is 15.5 Å². The van der Waals surface area contributed by atoms with Crippen LogP contribution in [0.4, 0.5) is 0 Å². The first-order valence-electron chi connectivity index (χ1n) is 3.19. The van der Waals surface area contributed by atoms with Crippen LogP contribution in [0.15, 0.2) is 4.40 Å². The molecule has 1 atom stereocenters. The molecule has 1 unspecified atom stereocenters. The molecule has 0 saturated heterocycles. The van der Waals surface area contributed by atoms with E-state index in [1.165, 1.54) is 5.01 Å². The first-order chi connectivity index (χ1) is 5.74. The van der Waals surface area contributed by atoms with Gasteiger partial charge in [0.05, 0.1) is 13.2 Å². The van der Waals surface area contributed by atoms with Crippen LogP contribution in [-0.4, -0.2) is 35.4 Å². The van der Waals surface area contributed by atoms with Crippen molar-refractivity contribution in [2.45, 2.75) is 0 Å². The second kappa shape index (κ2) is 4.36. The summed E-state index contributed by atoms with van der Waals surface area (Å²) in [5.74, 6) is 5.71. The first kappa shape index (κ1) is 9.39. The van der Waals surface area contributed by atoms with Crippen LogP contribution in [0.1, 0.15) is 0 Å². The predicted molar refractivity (Wildman–Crippen MR) is 42.6 cm³/mol. The molecule has 7 nitrogen and oxygen atoms in total. The molecule has 0 aromatic rings. The van der Waals surface area contributed by atoms with Crippen LogP contribution in [-0.2, 0) is 20.3 Å². The molecule has 0 bridgehead atoms. The Kier molecular flexibility index (Phi) is 3.41. The molecule has 70 valence electrons. The molecule has 1 aliphatic heterocycles. The molecule has 0 aromatic carbocycles. The summed E-state index contributed by atoms with van der Waals surface area (Å²) in [6.45, 7) is 0.909. The average Bonchev–Trinajstić information content (AvgIpc) is 2.47. The molecule has 12 heavy (non-hydrogen) atoms. The highest BCUT2D eigenvalue weighted by atomic mass is 32.2. The highest BCUT2D eigenvalue weighted by Crippen LogP contribution is 1.96. The van der Waals surface area contributed by atoms with Crippen molar-refractivity contribution in [3.8, 4) is 0 Å². The normalized spacial score (nSPS) is 21.8. The van der Waals surface area contributed by atoms with E-state index in [0.29, 0.717) is 13.2 Å². The highest BCUT2D eigenvalue weighted by molar-refractivity contribution is 7.79. The second-order valence-electron chi connectivity index (χ2n) is 2.00. The van der Waals surface area contributed by atoms with Crippen molar-refractivity contribution >= 4 is 17.2 Å². The van der Waals surface area contributed by atoms with Gasteiger partial charge in [-0.15, -0.1) is 4.40 Å². The molecule has 0 radical (unpaired) electrons.